The highest BCUT2D eigenvalue weighted by Crippen LogP contribution is 2.41. The molecule has 6 amide bonds. The quantitative estimate of drug-likeness (QED) is 0.0502. The zero-order valence-electron chi connectivity index (χ0n) is 51.2. The Morgan fingerprint density at radius 3 is 2.16 bits per heavy atom. The average molecular weight is 1400 g/mol. The number of hydrogen-bond acceptors (Lipinski definition) is 25. The molecule has 95 heavy (non-hydrogen) atoms. The Hall–Kier alpha value is -9.22. The van der Waals surface area contributed by atoms with E-state index in [1.54, 1.807) is 77.0 Å². The molecule has 33 heteroatoms. The summed E-state index contributed by atoms with van der Waals surface area (Å²) in [6.45, 7) is 4.69. The zero-order valence-corrected chi connectivity index (χ0v) is 56.1. The van der Waals surface area contributed by atoms with Gasteiger partial charge in [0.05, 0.1) is 54.7 Å². The number of carbonyl (C=O) groups excluding carboxylic acids is 6. The van der Waals surface area contributed by atoms with E-state index in [4.69, 9.17) is 44.4 Å². The number of nitrogens with one attached hydrogen (secondary N) is 5. The number of aryl methyl sites for hydroxylation is 1. The number of anilines is 1. The van der Waals surface area contributed by atoms with Gasteiger partial charge in [-0.15, -0.1) is 68.0 Å². The van der Waals surface area contributed by atoms with Crippen molar-refractivity contribution in [3.8, 4) is 43.4 Å². The number of ether oxygens (including phenoxy) is 2. The molecule has 2 aliphatic rings. The Balaban J connectivity index is 0.983. The van der Waals surface area contributed by atoms with E-state index in [-0.39, 0.29) is 64.8 Å². The van der Waals surface area contributed by atoms with Crippen LogP contribution in [0, 0.1) is 18.8 Å². The van der Waals surface area contributed by atoms with Gasteiger partial charge in [0.15, 0.2) is 0 Å². The number of aliphatic carboxylic acids is 1. The lowest BCUT2D eigenvalue weighted by molar-refractivity contribution is -0.143. The van der Waals surface area contributed by atoms with E-state index in [1.165, 1.54) is 42.7 Å². The van der Waals surface area contributed by atoms with Crippen LogP contribution in [0.3, 0.4) is 0 Å². The Kier molecular flexibility index (Phi) is 20.9. The summed E-state index contributed by atoms with van der Waals surface area (Å²) in [7, 11) is 2.91. The minimum Gasteiger partial charge on any atom is -0.481 e. The average Bonchev–Trinajstić information content (AvgIpc) is 1.69. The molecule has 8 aromatic heterocycles. The van der Waals surface area contributed by atoms with Crippen LogP contribution >= 0.6 is 68.0 Å². The lowest BCUT2D eigenvalue weighted by Gasteiger charge is -2.28. The minimum absolute atomic E-state index is 0.0190. The summed E-state index contributed by atoms with van der Waals surface area (Å²) in [5.74, 6) is -5.92. The molecule has 492 valence electrons. The third-order valence-electron chi connectivity index (χ3n) is 15.4. The largest absolute Gasteiger partial charge is 0.481 e. The molecule has 1 saturated carbocycles. The molecule has 0 spiro atoms. The highest BCUT2D eigenvalue weighted by molar-refractivity contribution is 7.15. The molecular formula is C62H60N14O13S6. The molecule has 1 unspecified atom stereocenters. The molecule has 4 atom stereocenters. The lowest BCUT2D eigenvalue weighted by atomic mass is 9.87. The summed E-state index contributed by atoms with van der Waals surface area (Å²) in [5.41, 5.74) is 2.37. The Labute approximate surface area is 565 Å². The molecule has 1 aliphatic carbocycles. The first-order valence-electron chi connectivity index (χ1n) is 29.5. The fraction of sp³-hybridized carbons (Fsp3) is 0.323. The van der Waals surface area contributed by atoms with Crippen molar-refractivity contribution in [3.63, 3.8) is 0 Å². The minimum atomic E-state index is -1.32. The first-order chi connectivity index (χ1) is 45.7. The number of rotatable bonds is 14. The van der Waals surface area contributed by atoms with E-state index in [2.05, 4.69) is 31.6 Å². The summed E-state index contributed by atoms with van der Waals surface area (Å²) in [5, 5.41) is 54.1. The smallest absolute Gasteiger partial charge is 0.416 e. The number of carboxylic acids is 2. The van der Waals surface area contributed by atoms with Crippen LogP contribution in [0.15, 0.2) is 82.3 Å². The van der Waals surface area contributed by atoms with Crippen LogP contribution in [0.2, 0.25) is 0 Å². The van der Waals surface area contributed by atoms with Crippen LogP contribution in [-0.4, -0.2) is 130 Å². The molecular weight excluding hydrogens is 1340 g/mol. The van der Waals surface area contributed by atoms with Crippen molar-refractivity contribution in [2.75, 3.05) is 25.6 Å². The third kappa shape index (κ3) is 15.5. The molecule has 1 aliphatic heterocycles. The summed E-state index contributed by atoms with van der Waals surface area (Å²) < 4.78 is 11.4. The summed E-state index contributed by atoms with van der Waals surface area (Å²) in [6, 6.07) is 12.1. The molecule has 11 rings (SSSR count). The first kappa shape index (κ1) is 67.2. The van der Waals surface area contributed by atoms with E-state index in [9.17, 15) is 53.7 Å². The first-order valence-corrected chi connectivity index (χ1v) is 34.7. The van der Waals surface area contributed by atoms with Gasteiger partial charge in [-0.1, -0.05) is 44.2 Å². The number of carbonyl (C=O) groups is 8. The van der Waals surface area contributed by atoms with E-state index < -0.39 is 90.4 Å². The number of benzene rings is 1. The maximum atomic E-state index is 14.5. The van der Waals surface area contributed by atoms with Crippen molar-refractivity contribution in [2.45, 2.75) is 96.4 Å². The van der Waals surface area contributed by atoms with Gasteiger partial charge in [0.2, 0.25) is 11.8 Å². The van der Waals surface area contributed by atoms with Gasteiger partial charge in [0.25, 0.3) is 17.7 Å². The standard InChI is InChI=1S/C62H60N14O13S6/c1-28(2)45-59-75-48(41(95-59)23-88-5)52(81)65-21-44(78)72-49(50(79)31-9-7-6-8-10-31)58-70-40(26-92-58)56-68-38(24-91-56)47-34(54-69-39(25-90-54)51(80)67-36(20-43(77)63-4)57-74-46(29(3)94-57)53(82)73-45)15-16-35(66-47)55-71-42(27-93-55)76(22-30-17-18-64-37(19-30)61(85)86)62(87)89-33-13-11-32(12-14-33)60(83)84/h6-10,15-19,24-28,32-33,36,45,49-50,79H,11-14,20-23H2,1-5H3,(H,63,77)(H,65,81)(H,67,80)(H,72,78)(H,73,82)(H,83,84)(H,85,86)/t32-,33-,36-,45?,49-,50-/m0/s1. The fourth-order valence-corrected chi connectivity index (χ4v) is 16.0. The van der Waals surface area contributed by atoms with Gasteiger partial charge in [-0.05, 0) is 73.9 Å². The predicted octanol–water partition coefficient (Wildman–Crippen LogP) is 9.19. The summed E-state index contributed by atoms with van der Waals surface area (Å²) in [4.78, 5) is 148. The van der Waals surface area contributed by atoms with Crippen molar-refractivity contribution < 1.29 is 63.1 Å². The number of aliphatic hydroxyl groups is 1. The normalized spacial score (nSPS) is 18.2. The molecule has 9 heterocycles. The molecule has 27 nitrogen and oxygen atoms in total. The number of pyridine rings is 2. The van der Waals surface area contributed by atoms with E-state index in [0.717, 1.165) is 56.7 Å². The lowest BCUT2D eigenvalue weighted by Crippen LogP contribution is -2.40. The van der Waals surface area contributed by atoms with E-state index >= 15 is 0 Å². The molecule has 1 aromatic carbocycles. The predicted molar refractivity (Wildman–Crippen MR) is 354 cm³/mol. The molecule has 1 fully saturated rings. The molecule has 0 saturated heterocycles. The second-order valence-electron chi connectivity index (χ2n) is 22.3. The number of aliphatic hydroxyl groups excluding tert-OH is 1. The maximum absolute atomic E-state index is 14.5. The van der Waals surface area contributed by atoms with Crippen molar-refractivity contribution in [1.82, 2.24) is 66.5 Å². The Morgan fingerprint density at radius 1 is 0.705 bits per heavy atom. The zero-order chi connectivity index (χ0) is 67.2. The number of aromatic carboxylic acids is 1. The van der Waals surface area contributed by atoms with Gasteiger partial charge in [0, 0.05) is 52.3 Å². The van der Waals surface area contributed by atoms with Gasteiger partial charge in [-0.3, -0.25) is 33.7 Å². The second kappa shape index (κ2) is 29.6. The van der Waals surface area contributed by atoms with Crippen LogP contribution in [0.5, 0.6) is 0 Å². The monoisotopic (exact) mass is 1400 g/mol. The highest BCUT2D eigenvalue weighted by Gasteiger charge is 2.35. The van der Waals surface area contributed by atoms with E-state index in [0.29, 0.717) is 94.2 Å². The van der Waals surface area contributed by atoms with Crippen molar-refractivity contribution in [3.05, 3.63) is 141 Å². The van der Waals surface area contributed by atoms with Crippen LogP contribution in [0.25, 0.3) is 43.4 Å². The SMILES string of the molecule is CNC(=O)C[C@@H]1NC(=O)c2csc(n2)-c2ccc(-c3nc(N(Cc4ccnc(C(=O)O)c4)C(=O)O[C@H]4CC[C@H](C(=O)O)CC4)cs3)nc2-c2csc(n2)-c2csc(n2)[C@H]([C@@H](O)c2ccccc2)NC(=O)CNC(=O)c2nc(sc2COC)C(C(C)C)NC(=O)c2nc1sc2C. The maximum Gasteiger partial charge on any atom is 0.416 e. The van der Waals surface area contributed by atoms with E-state index in [1.807, 2.05) is 13.8 Å². The van der Waals surface area contributed by atoms with Crippen LogP contribution < -0.4 is 31.5 Å². The van der Waals surface area contributed by atoms with Crippen LogP contribution in [-0.2, 0) is 37.0 Å². The third-order valence-corrected chi connectivity index (χ3v) is 21.1. The number of hydrogen-bond donors (Lipinski definition) is 8. The number of methoxy groups -OCH3 is 1. The van der Waals surface area contributed by atoms with Crippen molar-refractivity contribution in [2.24, 2.45) is 11.8 Å². The molecule has 9 aromatic rings. The molecule has 10 bridgehead atoms. The highest BCUT2D eigenvalue weighted by atomic mass is 32.1. The van der Waals surface area contributed by atoms with Crippen LogP contribution in [0.1, 0.15) is 148 Å². The number of aromatic nitrogens is 8. The van der Waals surface area contributed by atoms with Gasteiger partial charge >= 0.3 is 18.0 Å². The Morgan fingerprint density at radius 2 is 1.42 bits per heavy atom. The number of thiazole rings is 6. The number of amides is 6. The second-order valence-corrected chi connectivity index (χ2v) is 28.1. The number of carboxylic acid groups (broad SMARTS) is 2. The van der Waals surface area contributed by atoms with Gasteiger partial charge in [-0.25, -0.2) is 49.5 Å². The summed E-state index contributed by atoms with van der Waals surface area (Å²) >= 11 is 6.93. The van der Waals surface area contributed by atoms with Crippen molar-refractivity contribution >= 4 is 121 Å². The number of nitrogens with zero attached hydrogens (tertiary/aromatic N) is 9. The Bertz CT molecular complexity index is 4360. The molecule has 0 radical (unpaired) electrons. The fourth-order valence-electron chi connectivity index (χ4n) is 10.4. The van der Waals surface area contributed by atoms with Gasteiger partial charge in [-0.2, -0.15) is 0 Å². The van der Waals surface area contributed by atoms with Crippen molar-refractivity contribution in [1.29, 1.82) is 0 Å². The topological polar surface area (TPSA) is 382 Å². The number of fused-ring (bicyclic) bond motifs is 14. The van der Waals surface area contributed by atoms with Gasteiger partial charge < -0.3 is 51.4 Å². The van der Waals surface area contributed by atoms with Crippen LogP contribution in [0.4, 0.5) is 10.6 Å². The van der Waals surface area contributed by atoms with Gasteiger partial charge in [0.1, 0.15) is 94.0 Å². The molecule has 8 N–H and O–H groups in total. The summed E-state index contributed by atoms with van der Waals surface area (Å²) in [6.07, 6.45) is -0.378.